The summed E-state index contributed by atoms with van der Waals surface area (Å²) in [5, 5.41) is 12.0. The molecule has 1 aliphatic rings. The summed E-state index contributed by atoms with van der Waals surface area (Å²) in [6.45, 7) is 2.23. The average Bonchev–Trinajstić information content (AvgIpc) is 2.52. The zero-order valence-corrected chi connectivity index (χ0v) is 12.4. The summed E-state index contributed by atoms with van der Waals surface area (Å²) < 4.78 is 11.2. The minimum Gasteiger partial charge on any atom is -0.492 e. The molecule has 0 bridgehead atoms. The molecule has 1 aliphatic heterocycles. The number of rotatable bonds is 5. The molecule has 1 fully saturated rings. The van der Waals surface area contributed by atoms with Gasteiger partial charge < -0.3 is 20.4 Å². The third-order valence-electron chi connectivity index (χ3n) is 3.39. The number of ether oxygens (including phenoxy) is 2. The molecule has 2 rings (SSSR count). The van der Waals surface area contributed by atoms with Crippen molar-refractivity contribution in [2.45, 2.75) is 17.7 Å². The van der Waals surface area contributed by atoms with Crippen molar-refractivity contribution in [1.82, 2.24) is 0 Å². The van der Waals surface area contributed by atoms with Crippen molar-refractivity contribution in [3.8, 4) is 5.75 Å². The van der Waals surface area contributed by atoms with Crippen LogP contribution in [0.25, 0.3) is 0 Å². The van der Waals surface area contributed by atoms with E-state index in [0.717, 1.165) is 31.0 Å². The van der Waals surface area contributed by atoms with Crippen LogP contribution in [0.4, 0.5) is 0 Å². The first-order valence-corrected chi connectivity index (χ1v) is 7.84. The van der Waals surface area contributed by atoms with Crippen molar-refractivity contribution in [2.24, 2.45) is 16.8 Å². The molecular formula is C14H20N2O3S. The summed E-state index contributed by atoms with van der Waals surface area (Å²) in [7, 11) is 0. The predicted octanol–water partition coefficient (Wildman–Crippen LogP) is 2.31. The second kappa shape index (κ2) is 7.40. The first kappa shape index (κ1) is 15.0. The lowest BCUT2D eigenvalue weighted by Gasteiger charge is -2.23. The summed E-state index contributed by atoms with van der Waals surface area (Å²) in [6.07, 6.45) is 3.98. The molecule has 1 aromatic carbocycles. The fourth-order valence-electron chi connectivity index (χ4n) is 2.22. The fraction of sp³-hybridized carbons (Fsp3) is 0.500. The Kier molecular flexibility index (Phi) is 5.55. The van der Waals surface area contributed by atoms with Gasteiger partial charge in [-0.2, -0.15) is 0 Å². The van der Waals surface area contributed by atoms with Crippen molar-refractivity contribution >= 4 is 17.6 Å². The lowest BCUT2D eigenvalue weighted by atomic mass is 10.0. The van der Waals surface area contributed by atoms with Crippen molar-refractivity contribution < 1.29 is 14.7 Å². The second-order valence-corrected chi connectivity index (χ2v) is 5.53. The van der Waals surface area contributed by atoms with E-state index in [0.29, 0.717) is 23.8 Å². The molecular weight excluding hydrogens is 276 g/mol. The zero-order chi connectivity index (χ0) is 14.4. The SMILES string of the molecule is CSc1cccc(OCC2CCOCC2)c1/C(N)=N/O. The van der Waals surface area contributed by atoms with Crippen LogP contribution in [0.15, 0.2) is 28.3 Å². The first-order valence-electron chi connectivity index (χ1n) is 6.61. The molecule has 6 heteroatoms. The maximum atomic E-state index is 8.93. The van der Waals surface area contributed by atoms with E-state index >= 15 is 0 Å². The number of hydrogen-bond donors (Lipinski definition) is 2. The van der Waals surface area contributed by atoms with Crippen LogP contribution in [0.2, 0.25) is 0 Å². The molecule has 5 nitrogen and oxygen atoms in total. The van der Waals surface area contributed by atoms with Crippen molar-refractivity contribution in [3.63, 3.8) is 0 Å². The number of nitrogens with two attached hydrogens (primary N) is 1. The molecule has 0 amide bonds. The van der Waals surface area contributed by atoms with Gasteiger partial charge >= 0.3 is 0 Å². The molecule has 0 spiro atoms. The Morgan fingerprint density at radius 2 is 2.25 bits per heavy atom. The highest BCUT2D eigenvalue weighted by atomic mass is 32.2. The molecule has 1 heterocycles. The number of benzene rings is 1. The molecule has 1 saturated heterocycles. The van der Waals surface area contributed by atoms with E-state index < -0.39 is 0 Å². The third-order valence-corrected chi connectivity index (χ3v) is 4.17. The zero-order valence-electron chi connectivity index (χ0n) is 11.5. The van der Waals surface area contributed by atoms with Crippen LogP contribution in [0.1, 0.15) is 18.4 Å². The lowest BCUT2D eigenvalue weighted by Crippen LogP contribution is -2.23. The summed E-state index contributed by atoms with van der Waals surface area (Å²) in [6, 6.07) is 5.70. The number of amidine groups is 1. The summed E-state index contributed by atoms with van der Waals surface area (Å²) in [5.41, 5.74) is 6.43. The molecule has 0 saturated carbocycles. The fourth-order valence-corrected chi connectivity index (χ4v) is 2.85. The van der Waals surface area contributed by atoms with Gasteiger partial charge in [-0.05, 0) is 37.1 Å². The Bertz CT molecular complexity index is 473. The summed E-state index contributed by atoms with van der Waals surface area (Å²) in [5.74, 6) is 1.25. The van der Waals surface area contributed by atoms with Gasteiger partial charge in [0.15, 0.2) is 5.84 Å². The molecule has 0 radical (unpaired) electrons. The van der Waals surface area contributed by atoms with Gasteiger partial charge in [0.1, 0.15) is 5.75 Å². The van der Waals surface area contributed by atoms with Crippen LogP contribution in [0.5, 0.6) is 5.75 Å². The highest BCUT2D eigenvalue weighted by molar-refractivity contribution is 7.98. The smallest absolute Gasteiger partial charge is 0.174 e. The average molecular weight is 296 g/mol. The maximum absolute atomic E-state index is 8.93. The highest BCUT2D eigenvalue weighted by Crippen LogP contribution is 2.29. The predicted molar refractivity (Wildman–Crippen MR) is 79.8 cm³/mol. The molecule has 1 aromatic rings. The Balaban J connectivity index is 2.13. The van der Waals surface area contributed by atoms with Crippen LogP contribution in [0.3, 0.4) is 0 Å². The Hall–Kier alpha value is -1.40. The maximum Gasteiger partial charge on any atom is 0.174 e. The number of hydrogen-bond acceptors (Lipinski definition) is 5. The number of oxime groups is 1. The topological polar surface area (TPSA) is 77.1 Å². The van der Waals surface area contributed by atoms with Crippen LogP contribution in [-0.4, -0.2) is 37.1 Å². The van der Waals surface area contributed by atoms with Gasteiger partial charge in [-0.15, -0.1) is 11.8 Å². The van der Waals surface area contributed by atoms with Gasteiger partial charge in [0.05, 0.1) is 12.2 Å². The molecule has 3 N–H and O–H groups in total. The van der Waals surface area contributed by atoms with Crippen LogP contribution < -0.4 is 10.5 Å². The van der Waals surface area contributed by atoms with E-state index in [4.69, 9.17) is 20.4 Å². The van der Waals surface area contributed by atoms with Gasteiger partial charge in [-0.1, -0.05) is 11.2 Å². The molecule has 0 atom stereocenters. The van der Waals surface area contributed by atoms with E-state index in [1.807, 2.05) is 24.5 Å². The normalized spacial score (nSPS) is 17.1. The summed E-state index contributed by atoms with van der Waals surface area (Å²) in [4.78, 5) is 0.935. The third kappa shape index (κ3) is 3.58. The Morgan fingerprint density at radius 1 is 1.50 bits per heavy atom. The van der Waals surface area contributed by atoms with Gasteiger partial charge in [0.2, 0.25) is 0 Å². The minimum atomic E-state index is 0.0805. The van der Waals surface area contributed by atoms with Gasteiger partial charge in [0, 0.05) is 18.1 Å². The minimum absolute atomic E-state index is 0.0805. The quantitative estimate of drug-likeness (QED) is 0.287. The highest BCUT2D eigenvalue weighted by Gasteiger charge is 2.17. The van der Waals surface area contributed by atoms with E-state index in [2.05, 4.69) is 5.16 Å². The van der Waals surface area contributed by atoms with Crippen LogP contribution in [-0.2, 0) is 4.74 Å². The number of nitrogens with zero attached hydrogens (tertiary/aromatic N) is 1. The van der Waals surface area contributed by atoms with Gasteiger partial charge in [-0.25, -0.2) is 0 Å². The van der Waals surface area contributed by atoms with Crippen molar-refractivity contribution in [2.75, 3.05) is 26.1 Å². The van der Waals surface area contributed by atoms with Gasteiger partial charge in [0.25, 0.3) is 0 Å². The Morgan fingerprint density at radius 3 is 2.90 bits per heavy atom. The first-order chi connectivity index (χ1) is 9.76. The molecule has 20 heavy (non-hydrogen) atoms. The van der Waals surface area contributed by atoms with E-state index in [-0.39, 0.29) is 5.84 Å². The van der Waals surface area contributed by atoms with E-state index in [1.165, 1.54) is 0 Å². The number of thioether (sulfide) groups is 1. The van der Waals surface area contributed by atoms with Crippen molar-refractivity contribution in [1.29, 1.82) is 0 Å². The van der Waals surface area contributed by atoms with Crippen LogP contribution in [0, 0.1) is 5.92 Å². The van der Waals surface area contributed by atoms with Crippen LogP contribution >= 0.6 is 11.8 Å². The largest absolute Gasteiger partial charge is 0.492 e. The van der Waals surface area contributed by atoms with E-state index in [9.17, 15) is 0 Å². The second-order valence-electron chi connectivity index (χ2n) is 4.69. The lowest BCUT2D eigenvalue weighted by molar-refractivity contribution is 0.0497. The molecule has 110 valence electrons. The van der Waals surface area contributed by atoms with Gasteiger partial charge in [-0.3, -0.25) is 0 Å². The molecule has 0 aliphatic carbocycles. The van der Waals surface area contributed by atoms with E-state index in [1.54, 1.807) is 11.8 Å². The standard InChI is InChI=1S/C14H20N2O3S/c1-20-12-4-2-3-11(13(12)14(15)16-17)19-9-10-5-7-18-8-6-10/h2-4,10,17H,5-9H2,1H3,(H2,15,16). The summed E-state index contributed by atoms with van der Waals surface area (Å²) >= 11 is 1.54. The Labute approximate surface area is 123 Å². The van der Waals surface area contributed by atoms with Crippen molar-refractivity contribution in [3.05, 3.63) is 23.8 Å². The molecule has 0 aromatic heterocycles. The monoisotopic (exact) mass is 296 g/mol. The molecule has 0 unspecified atom stereocenters.